The second-order valence-corrected chi connectivity index (χ2v) is 6.34. The zero-order valence-corrected chi connectivity index (χ0v) is 13.3. The number of nitrogens with one attached hydrogen (secondary N) is 1. The van der Waals surface area contributed by atoms with E-state index in [0.717, 1.165) is 12.5 Å². The molecule has 0 aliphatic carbocycles. The molecular formula is C17H28N4. The smallest absolute Gasteiger partial charge is 0.0924 e. The van der Waals surface area contributed by atoms with Crippen LogP contribution in [0.5, 0.6) is 0 Å². The largest absolute Gasteiger partial charge is 0.388 e. The Balaban J connectivity index is 2.00. The second-order valence-electron chi connectivity index (χ2n) is 6.34. The fourth-order valence-electron chi connectivity index (χ4n) is 3.19. The molecule has 0 aromatic heterocycles. The first-order valence-corrected chi connectivity index (χ1v) is 7.83. The molecule has 1 aliphatic heterocycles. The van der Waals surface area contributed by atoms with Gasteiger partial charge in [-0.1, -0.05) is 30.3 Å². The Morgan fingerprint density at radius 1 is 1.33 bits per heavy atom. The molecule has 21 heavy (non-hydrogen) atoms. The number of nitrogens with zero attached hydrogens (tertiary/aromatic N) is 2. The van der Waals surface area contributed by atoms with Crippen LogP contribution in [0.25, 0.3) is 0 Å². The zero-order chi connectivity index (χ0) is 15.2. The van der Waals surface area contributed by atoms with Crippen molar-refractivity contribution in [2.24, 2.45) is 11.7 Å². The third-order valence-electron chi connectivity index (χ3n) is 4.51. The summed E-state index contributed by atoms with van der Waals surface area (Å²) >= 11 is 0. The molecule has 1 heterocycles. The van der Waals surface area contributed by atoms with Gasteiger partial charge in [-0.2, -0.15) is 0 Å². The van der Waals surface area contributed by atoms with Crippen LogP contribution in [0.15, 0.2) is 30.3 Å². The zero-order valence-electron chi connectivity index (χ0n) is 13.3. The van der Waals surface area contributed by atoms with Crippen molar-refractivity contribution in [2.75, 3.05) is 33.7 Å². The van der Waals surface area contributed by atoms with Crippen LogP contribution in [0.2, 0.25) is 0 Å². The third kappa shape index (κ3) is 4.83. The van der Waals surface area contributed by atoms with E-state index in [2.05, 4.69) is 48.2 Å². The maximum atomic E-state index is 7.66. The number of benzene rings is 1. The first-order valence-electron chi connectivity index (χ1n) is 7.83. The van der Waals surface area contributed by atoms with E-state index in [4.69, 9.17) is 11.1 Å². The van der Waals surface area contributed by atoms with Gasteiger partial charge in [0.05, 0.1) is 5.84 Å². The van der Waals surface area contributed by atoms with Crippen molar-refractivity contribution in [3.8, 4) is 0 Å². The minimum Gasteiger partial charge on any atom is -0.388 e. The van der Waals surface area contributed by atoms with Gasteiger partial charge < -0.3 is 10.6 Å². The molecule has 1 aliphatic rings. The van der Waals surface area contributed by atoms with Crippen molar-refractivity contribution in [1.29, 1.82) is 5.41 Å². The SMILES string of the molecule is CN1CCC(CN(C)C(CC(=N)N)c2ccccc2)CC1. The van der Waals surface area contributed by atoms with Crippen LogP contribution < -0.4 is 5.73 Å². The first-order chi connectivity index (χ1) is 10.1. The first kappa shape index (κ1) is 16.0. The van der Waals surface area contributed by atoms with E-state index < -0.39 is 0 Å². The standard InChI is InChI=1S/C17H28N4/c1-20-10-8-14(9-11-20)13-21(2)16(12-17(18)19)15-6-4-3-5-7-15/h3-7,14,16H,8-13H2,1-2H3,(H3,18,19). The summed E-state index contributed by atoms with van der Waals surface area (Å²) in [4.78, 5) is 4.79. The Labute approximate surface area is 128 Å². The molecule has 4 nitrogen and oxygen atoms in total. The molecule has 1 unspecified atom stereocenters. The topological polar surface area (TPSA) is 56.4 Å². The van der Waals surface area contributed by atoms with Crippen molar-refractivity contribution in [3.63, 3.8) is 0 Å². The molecule has 1 saturated heterocycles. The van der Waals surface area contributed by atoms with Gasteiger partial charge in [0.25, 0.3) is 0 Å². The Kier molecular flexibility index (Phi) is 5.76. The molecule has 1 fully saturated rings. The second kappa shape index (κ2) is 7.57. The average Bonchev–Trinajstić information content (AvgIpc) is 2.48. The number of hydrogen-bond acceptors (Lipinski definition) is 3. The molecule has 1 aromatic carbocycles. The van der Waals surface area contributed by atoms with Crippen LogP contribution in [-0.4, -0.2) is 49.4 Å². The number of nitrogens with two attached hydrogens (primary N) is 1. The van der Waals surface area contributed by atoms with Crippen LogP contribution in [-0.2, 0) is 0 Å². The Morgan fingerprint density at radius 3 is 2.52 bits per heavy atom. The van der Waals surface area contributed by atoms with Gasteiger partial charge in [-0.3, -0.25) is 10.3 Å². The molecule has 0 bridgehead atoms. The molecule has 4 heteroatoms. The molecule has 1 atom stereocenters. The summed E-state index contributed by atoms with van der Waals surface area (Å²) in [5.74, 6) is 1.02. The van der Waals surface area contributed by atoms with Crippen molar-refractivity contribution in [3.05, 3.63) is 35.9 Å². The lowest BCUT2D eigenvalue weighted by Gasteiger charge is -2.35. The van der Waals surface area contributed by atoms with Crippen molar-refractivity contribution in [2.45, 2.75) is 25.3 Å². The maximum absolute atomic E-state index is 7.66. The predicted octanol–water partition coefficient (Wildman–Crippen LogP) is 2.33. The van der Waals surface area contributed by atoms with Gasteiger partial charge in [0.15, 0.2) is 0 Å². The highest BCUT2D eigenvalue weighted by Gasteiger charge is 2.23. The highest BCUT2D eigenvalue weighted by atomic mass is 15.1. The van der Waals surface area contributed by atoms with Crippen molar-refractivity contribution in [1.82, 2.24) is 9.80 Å². The molecular weight excluding hydrogens is 260 g/mol. The summed E-state index contributed by atoms with van der Waals surface area (Å²) < 4.78 is 0. The predicted molar refractivity (Wildman–Crippen MR) is 88.6 cm³/mol. The van der Waals surface area contributed by atoms with Gasteiger partial charge in [0.2, 0.25) is 0 Å². The van der Waals surface area contributed by atoms with E-state index in [-0.39, 0.29) is 11.9 Å². The lowest BCUT2D eigenvalue weighted by atomic mass is 9.94. The van der Waals surface area contributed by atoms with Crippen LogP contribution in [0.4, 0.5) is 0 Å². The summed E-state index contributed by atoms with van der Waals surface area (Å²) in [6, 6.07) is 10.6. The number of amidine groups is 1. The fourth-order valence-corrected chi connectivity index (χ4v) is 3.19. The molecule has 0 amide bonds. The summed E-state index contributed by atoms with van der Waals surface area (Å²) in [6.45, 7) is 3.48. The quantitative estimate of drug-likeness (QED) is 0.624. The average molecular weight is 288 g/mol. The Hall–Kier alpha value is -1.39. The fraction of sp³-hybridized carbons (Fsp3) is 0.588. The monoisotopic (exact) mass is 288 g/mol. The van der Waals surface area contributed by atoms with Crippen molar-refractivity contribution < 1.29 is 0 Å². The summed E-state index contributed by atoms with van der Waals surface area (Å²) in [7, 11) is 4.36. The summed E-state index contributed by atoms with van der Waals surface area (Å²) in [5.41, 5.74) is 6.92. The minimum absolute atomic E-state index is 0.211. The molecule has 3 N–H and O–H groups in total. The third-order valence-corrected chi connectivity index (χ3v) is 4.51. The number of hydrogen-bond donors (Lipinski definition) is 2. The number of piperidine rings is 1. The molecule has 116 valence electrons. The van der Waals surface area contributed by atoms with E-state index in [1.54, 1.807) is 0 Å². The van der Waals surface area contributed by atoms with Crippen molar-refractivity contribution >= 4 is 5.84 Å². The highest BCUT2D eigenvalue weighted by Crippen LogP contribution is 2.26. The molecule has 0 radical (unpaired) electrons. The van der Waals surface area contributed by atoms with Gasteiger partial charge in [-0.05, 0) is 51.5 Å². The Morgan fingerprint density at radius 2 is 1.95 bits per heavy atom. The molecule has 2 rings (SSSR count). The van der Waals surface area contributed by atoms with E-state index in [1.807, 2.05) is 6.07 Å². The van der Waals surface area contributed by atoms with E-state index >= 15 is 0 Å². The summed E-state index contributed by atoms with van der Waals surface area (Å²) in [6.07, 6.45) is 3.14. The molecule has 1 aromatic rings. The maximum Gasteiger partial charge on any atom is 0.0924 e. The van der Waals surface area contributed by atoms with E-state index in [0.29, 0.717) is 6.42 Å². The van der Waals surface area contributed by atoms with Gasteiger partial charge in [0, 0.05) is 19.0 Å². The van der Waals surface area contributed by atoms with Gasteiger partial charge >= 0.3 is 0 Å². The normalized spacial score (nSPS) is 18.8. The lowest BCUT2D eigenvalue weighted by Crippen LogP contribution is -2.38. The minimum atomic E-state index is 0.211. The lowest BCUT2D eigenvalue weighted by molar-refractivity contribution is 0.151. The summed E-state index contributed by atoms with van der Waals surface area (Å²) in [5, 5.41) is 7.66. The van der Waals surface area contributed by atoms with Gasteiger partial charge in [-0.15, -0.1) is 0 Å². The molecule has 0 saturated carbocycles. The van der Waals surface area contributed by atoms with E-state index in [9.17, 15) is 0 Å². The van der Waals surface area contributed by atoms with Crippen LogP contribution >= 0.6 is 0 Å². The van der Waals surface area contributed by atoms with Crippen LogP contribution in [0.3, 0.4) is 0 Å². The Bertz CT molecular complexity index is 437. The molecule has 0 spiro atoms. The highest BCUT2D eigenvalue weighted by molar-refractivity contribution is 5.77. The van der Waals surface area contributed by atoms with Crippen LogP contribution in [0, 0.1) is 11.3 Å². The van der Waals surface area contributed by atoms with E-state index in [1.165, 1.54) is 31.5 Å². The van der Waals surface area contributed by atoms with Gasteiger partial charge in [0.1, 0.15) is 0 Å². The van der Waals surface area contributed by atoms with Gasteiger partial charge in [-0.25, -0.2) is 0 Å². The van der Waals surface area contributed by atoms with Crippen LogP contribution in [0.1, 0.15) is 30.9 Å². The number of likely N-dealkylation sites (tertiary alicyclic amines) is 1. The number of rotatable bonds is 6.